The van der Waals surface area contributed by atoms with Gasteiger partial charge >= 0.3 is 33.9 Å². The summed E-state index contributed by atoms with van der Waals surface area (Å²) < 4.78 is 33.1. The molecular weight excluding hydrogens is 447 g/mol. The fourth-order valence-electron chi connectivity index (χ4n) is 3.13. The summed E-state index contributed by atoms with van der Waals surface area (Å²) in [6, 6.07) is 16.5. The molecule has 0 aromatic heterocycles. The van der Waals surface area contributed by atoms with Crippen molar-refractivity contribution in [1.29, 1.82) is 0 Å². The quantitative estimate of drug-likeness (QED) is 0.330. The maximum atomic E-state index is 7.50. The summed E-state index contributed by atoms with van der Waals surface area (Å²) in [5, 5.41) is 0. The topological polar surface area (TPSA) is 78.2 Å². The molecule has 2 aromatic carbocycles. The second-order valence-corrected chi connectivity index (χ2v) is 5.84. The Hall–Kier alpha value is -2.48. The third-order valence-corrected chi connectivity index (χ3v) is 4.42. The molecule has 1 aliphatic rings. The third-order valence-electron chi connectivity index (χ3n) is 4.42. The molecule has 32 heavy (non-hydrogen) atoms. The van der Waals surface area contributed by atoms with Crippen LogP contribution >= 0.6 is 0 Å². The van der Waals surface area contributed by atoms with Gasteiger partial charge in [0, 0.05) is 23.0 Å². The first-order chi connectivity index (χ1) is 15.3. The monoisotopic (exact) mass is 470 g/mol. The molecule has 1 fully saturated rings. The van der Waals surface area contributed by atoms with E-state index in [2.05, 4.69) is 76.8 Å². The average Bonchev–Trinajstić information content (AvgIpc) is 3.41. The van der Waals surface area contributed by atoms with Gasteiger partial charge < -0.3 is 9.47 Å². The van der Waals surface area contributed by atoms with Crippen molar-refractivity contribution < 1.29 is 40.5 Å². The molecule has 0 unspecified atom stereocenters. The molecule has 1 saturated carbocycles. The summed E-state index contributed by atoms with van der Waals surface area (Å²) in [6.07, 6.45) is 9.48. The van der Waals surface area contributed by atoms with E-state index in [1.54, 1.807) is 14.2 Å². The molecule has 6 radical (unpaired) electrons. The zero-order valence-corrected chi connectivity index (χ0v) is 19.2. The van der Waals surface area contributed by atoms with Gasteiger partial charge in [0.05, 0.1) is 14.2 Å². The number of benzene rings is 2. The van der Waals surface area contributed by atoms with Crippen molar-refractivity contribution >= 4 is 5.57 Å². The molecule has 1 aliphatic carbocycles. The zero-order chi connectivity index (χ0) is 23.6. The van der Waals surface area contributed by atoms with Crippen LogP contribution in [0.4, 0.5) is 0 Å². The van der Waals surface area contributed by atoms with Crippen LogP contribution in [0.5, 0.6) is 11.5 Å². The van der Waals surface area contributed by atoms with Crippen molar-refractivity contribution in [1.82, 2.24) is 0 Å². The molecule has 0 saturated heterocycles. The minimum Gasteiger partial charge on any atom is 0 e. The molecule has 0 bridgehead atoms. The molecule has 6 heteroatoms. The van der Waals surface area contributed by atoms with E-state index in [1.165, 1.54) is 28.2 Å². The zero-order valence-electron chi connectivity index (χ0n) is 18.1. The molecule has 0 spiro atoms. The third kappa shape index (κ3) is 8.94. The van der Waals surface area contributed by atoms with E-state index in [1.807, 2.05) is 24.3 Å². The molecule has 0 aliphatic heterocycles. The Kier molecular flexibility index (Phi) is 19.0. The molecule has 0 N–H and O–H groups in total. The first-order valence-corrected chi connectivity index (χ1v) is 9.12. The van der Waals surface area contributed by atoms with Crippen molar-refractivity contribution in [2.45, 2.75) is 13.3 Å². The fraction of sp³-hybridized carbons (Fsp3) is 0.154. The van der Waals surface area contributed by atoms with Gasteiger partial charge in [-0.05, 0) is 73.1 Å². The molecule has 2 aromatic rings. The minimum absolute atomic E-state index is 0. The van der Waals surface area contributed by atoms with E-state index in [0.717, 1.165) is 17.9 Å². The van der Waals surface area contributed by atoms with E-state index in [4.69, 9.17) is 23.4 Å². The molecule has 5 nitrogen and oxygen atoms in total. The largest absolute Gasteiger partial charge is 0 e. The maximum absolute atomic E-state index is 7.50. The van der Waals surface area contributed by atoms with Gasteiger partial charge in [-0.25, -0.2) is 0 Å². The summed E-state index contributed by atoms with van der Waals surface area (Å²) in [5.74, 6) is 3.00. The average molecular weight is 470 g/mol. The Labute approximate surface area is 201 Å². The summed E-state index contributed by atoms with van der Waals surface area (Å²) in [6.45, 7) is 15.7. The van der Waals surface area contributed by atoms with Crippen LogP contribution in [0.2, 0.25) is 0 Å². The fourth-order valence-corrected chi connectivity index (χ4v) is 3.13. The predicted molar refractivity (Wildman–Crippen MR) is 115 cm³/mol. The molecule has 0 amide bonds. The van der Waals surface area contributed by atoms with Crippen molar-refractivity contribution in [3.05, 3.63) is 117 Å². The van der Waals surface area contributed by atoms with Gasteiger partial charge in [0.15, 0.2) is 0 Å². The van der Waals surface area contributed by atoms with Gasteiger partial charge in [0.2, 0.25) is 0 Å². The van der Waals surface area contributed by atoms with Gasteiger partial charge in [0.25, 0.3) is 0 Å². The van der Waals surface area contributed by atoms with Crippen LogP contribution in [0, 0.1) is 51.6 Å². The number of hydrogen-bond donors (Lipinski definition) is 0. The number of hydrogen-bond acceptors (Lipinski definition) is 2. The standard InChI is InChI=1S/C23H23O2.3CO.Mn/c1-4-22(17-7-5-6-8-17)23(18-9-13-20(24-2)14-10-18)19-11-15-21(25-3)16-12-19;3*1-2;/h5-16H,4H2,1-3H3;;;;. The summed E-state index contributed by atoms with van der Waals surface area (Å²) in [7, 11) is 3.38. The van der Waals surface area contributed by atoms with Gasteiger partial charge in [-0.15, -0.1) is 0 Å². The van der Waals surface area contributed by atoms with E-state index in [0.29, 0.717) is 0 Å². The van der Waals surface area contributed by atoms with Gasteiger partial charge in [-0.3, -0.25) is 0 Å². The van der Waals surface area contributed by atoms with Crippen LogP contribution in [0.3, 0.4) is 0 Å². The number of rotatable bonds is 6. The Bertz CT molecular complexity index is 779. The Morgan fingerprint density at radius 1 is 0.688 bits per heavy atom. The van der Waals surface area contributed by atoms with E-state index < -0.39 is 0 Å². The van der Waals surface area contributed by atoms with Crippen LogP contribution in [0.1, 0.15) is 24.5 Å². The molecule has 3 rings (SSSR count). The smallest absolute Gasteiger partial charge is 0 e. The second-order valence-electron chi connectivity index (χ2n) is 5.84. The Balaban J connectivity index is 0. The van der Waals surface area contributed by atoms with Gasteiger partial charge in [0.1, 0.15) is 11.5 Å². The van der Waals surface area contributed by atoms with Crippen molar-refractivity contribution in [3.63, 3.8) is 0 Å². The molecular formula is C26H23MnO5. The number of allylic oxidation sites excluding steroid dienone is 1. The molecule has 164 valence electrons. The first kappa shape index (κ1) is 31.7. The van der Waals surface area contributed by atoms with Crippen molar-refractivity contribution in [2.24, 2.45) is 0 Å². The number of ether oxygens (including phenoxy) is 2. The van der Waals surface area contributed by atoms with Crippen LogP contribution in [0.25, 0.3) is 5.57 Å². The van der Waals surface area contributed by atoms with Crippen molar-refractivity contribution in [2.75, 3.05) is 14.2 Å². The summed E-state index contributed by atoms with van der Waals surface area (Å²) in [5.41, 5.74) is 4.95. The second kappa shape index (κ2) is 19.2. The van der Waals surface area contributed by atoms with E-state index in [9.17, 15) is 0 Å². The van der Waals surface area contributed by atoms with Gasteiger partial charge in [-0.1, -0.05) is 36.8 Å². The van der Waals surface area contributed by atoms with Crippen LogP contribution in [-0.2, 0) is 31.0 Å². The van der Waals surface area contributed by atoms with Crippen LogP contribution in [-0.4, -0.2) is 14.2 Å². The minimum atomic E-state index is 0. The Morgan fingerprint density at radius 3 is 1.31 bits per heavy atom. The Morgan fingerprint density at radius 2 is 1.03 bits per heavy atom. The van der Waals surface area contributed by atoms with Crippen molar-refractivity contribution in [3.8, 4) is 11.5 Å². The van der Waals surface area contributed by atoms with Crippen LogP contribution in [0.15, 0.2) is 54.1 Å². The molecule has 0 atom stereocenters. The first-order valence-electron chi connectivity index (χ1n) is 9.12. The van der Waals surface area contributed by atoms with E-state index in [-0.39, 0.29) is 17.1 Å². The SMILES string of the molecule is CCC([C]1[CH][CH][CH][CH]1)=C(c1ccc(OC)cc1)c1ccc(OC)cc1.[C-]#[O+].[C-]#[O+].[C-]#[O+].[Mn]. The normalized spacial score (nSPS) is 11.4. The molecule has 0 heterocycles. The van der Waals surface area contributed by atoms with Crippen LogP contribution < -0.4 is 9.47 Å². The maximum Gasteiger partial charge on any atom is 0 e. The predicted octanol–water partition coefficient (Wildman–Crippen LogP) is 5.21. The summed E-state index contributed by atoms with van der Waals surface area (Å²) in [4.78, 5) is 0. The number of methoxy groups -OCH3 is 2. The van der Waals surface area contributed by atoms with Gasteiger partial charge in [-0.2, -0.15) is 0 Å². The summed E-state index contributed by atoms with van der Waals surface area (Å²) >= 11 is 0. The van der Waals surface area contributed by atoms with E-state index >= 15 is 0 Å².